The molecule has 1 saturated heterocycles. The molecule has 0 spiro atoms. The summed E-state index contributed by atoms with van der Waals surface area (Å²) >= 11 is 0. The molecular formula is C24H27N3O6. The molecule has 174 valence electrons. The SMILES string of the molecule is COC(=O)c1ccc(/C=N/NC(=O)C2CCN(C(=O)c3cc(OC)cc(OC)c3)CC2)cc1. The summed E-state index contributed by atoms with van der Waals surface area (Å²) in [5.74, 6) is 0.136. The number of likely N-dealkylation sites (tertiary alicyclic amines) is 1. The lowest BCUT2D eigenvalue weighted by atomic mass is 9.95. The van der Waals surface area contributed by atoms with E-state index in [9.17, 15) is 14.4 Å². The number of hydrogen-bond acceptors (Lipinski definition) is 7. The van der Waals surface area contributed by atoms with Crippen molar-refractivity contribution in [3.8, 4) is 11.5 Å². The first-order valence-corrected chi connectivity index (χ1v) is 10.5. The van der Waals surface area contributed by atoms with E-state index in [0.29, 0.717) is 48.6 Å². The Morgan fingerprint density at radius 1 is 0.939 bits per heavy atom. The average molecular weight is 453 g/mol. The minimum atomic E-state index is -0.415. The Morgan fingerprint density at radius 3 is 2.09 bits per heavy atom. The molecular weight excluding hydrogens is 426 g/mol. The fraction of sp³-hybridized carbons (Fsp3) is 0.333. The van der Waals surface area contributed by atoms with Crippen molar-refractivity contribution < 1.29 is 28.6 Å². The van der Waals surface area contributed by atoms with Gasteiger partial charge in [-0.3, -0.25) is 9.59 Å². The van der Waals surface area contributed by atoms with Crippen LogP contribution in [0.15, 0.2) is 47.6 Å². The van der Waals surface area contributed by atoms with Crippen molar-refractivity contribution >= 4 is 24.0 Å². The number of hydrogen-bond donors (Lipinski definition) is 1. The van der Waals surface area contributed by atoms with E-state index in [2.05, 4.69) is 15.3 Å². The lowest BCUT2D eigenvalue weighted by Crippen LogP contribution is -2.42. The molecule has 9 nitrogen and oxygen atoms in total. The van der Waals surface area contributed by atoms with E-state index in [1.807, 2.05) is 0 Å². The van der Waals surface area contributed by atoms with Gasteiger partial charge in [0, 0.05) is 30.6 Å². The number of nitrogens with one attached hydrogen (secondary N) is 1. The Balaban J connectivity index is 1.51. The summed E-state index contributed by atoms with van der Waals surface area (Å²) in [6, 6.07) is 11.7. The van der Waals surface area contributed by atoms with Crippen LogP contribution in [0.5, 0.6) is 11.5 Å². The van der Waals surface area contributed by atoms with Gasteiger partial charge in [-0.2, -0.15) is 5.10 Å². The maximum absolute atomic E-state index is 12.9. The maximum atomic E-state index is 12.9. The van der Waals surface area contributed by atoms with E-state index in [-0.39, 0.29) is 17.7 Å². The summed E-state index contributed by atoms with van der Waals surface area (Å²) in [6.07, 6.45) is 2.60. The summed E-state index contributed by atoms with van der Waals surface area (Å²) in [5.41, 5.74) is 4.21. The number of amides is 2. The molecule has 0 unspecified atom stereocenters. The second kappa shape index (κ2) is 11.1. The number of methoxy groups -OCH3 is 3. The van der Waals surface area contributed by atoms with E-state index in [0.717, 1.165) is 5.56 Å². The van der Waals surface area contributed by atoms with Crippen molar-refractivity contribution in [3.63, 3.8) is 0 Å². The molecule has 1 N–H and O–H groups in total. The van der Waals surface area contributed by atoms with Crippen molar-refractivity contribution in [3.05, 3.63) is 59.2 Å². The topological polar surface area (TPSA) is 107 Å². The number of esters is 1. The van der Waals surface area contributed by atoms with Gasteiger partial charge in [-0.05, 0) is 42.7 Å². The van der Waals surface area contributed by atoms with E-state index in [1.165, 1.54) is 27.5 Å². The van der Waals surface area contributed by atoms with Gasteiger partial charge in [0.1, 0.15) is 11.5 Å². The van der Waals surface area contributed by atoms with Crippen LogP contribution < -0.4 is 14.9 Å². The van der Waals surface area contributed by atoms with Crippen LogP contribution in [0.1, 0.15) is 39.1 Å². The van der Waals surface area contributed by atoms with Crippen molar-refractivity contribution in [2.45, 2.75) is 12.8 Å². The molecule has 2 aromatic carbocycles. The highest BCUT2D eigenvalue weighted by atomic mass is 16.5. The number of carbonyl (C=O) groups is 3. The van der Waals surface area contributed by atoms with Crippen LogP contribution >= 0.6 is 0 Å². The Kier molecular flexibility index (Phi) is 8.01. The first-order valence-electron chi connectivity index (χ1n) is 10.5. The lowest BCUT2D eigenvalue weighted by molar-refractivity contribution is -0.126. The number of carbonyl (C=O) groups excluding carboxylic acids is 3. The van der Waals surface area contributed by atoms with Crippen LogP contribution in [0.25, 0.3) is 0 Å². The predicted octanol–water partition coefficient (Wildman–Crippen LogP) is 2.49. The molecule has 2 aromatic rings. The first kappa shape index (κ1) is 23.8. The third-order valence-electron chi connectivity index (χ3n) is 5.47. The molecule has 0 saturated carbocycles. The van der Waals surface area contributed by atoms with Gasteiger partial charge in [0.15, 0.2) is 0 Å². The summed E-state index contributed by atoms with van der Waals surface area (Å²) in [6.45, 7) is 0.935. The number of benzene rings is 2. The summed E-state index contributed by atoms with van der Waals surface area (Å²) in [5, 5.41) is 4.00. The van der Waals surface area contributed by atoms with Gasteiger partial charge in [-0.15, -0.1) is 0 Å². The molecule has 1 aliphatic rings. The largest absolute Gasteiger partial charge is 0.497 e. The van der Waals surface area contributed by atoms with Crippen LogP contribution in [0.2, 0.25) is 0 Å². The third-order valence-corrected chi connectivity index (χ3v) is 5.47. The number of rotatable bonds is 7. The normalized spacial score (nSPS) is 14.1. The summed E-state index contributed by atoms with van der Waals surface area (Å²) < 4.78 is 15.1. The molecule has 1 fully saturated rings. The Hall–Kier alpha value is -3.88. The molecule has 3 rings (SSSR count). The van der Waals surface area contributed by atoms with E-state index >= 15 is 0 Å². The second-order valence-electron chi connectivity index (χ2n) is 7.52. The zero-order valence-electron chi connectivity index (χ0n) is 18.9. The highest BCUT2D eigenvalue weighted by Crippen LogP contribution is 2.25. The van der Waals surface area contributed by atoms with Crippen molar-refractivity contribution in [2.75, 3.05) is 34.4 Å². The lowest BCUT2D eigenvalue weighted by Gasteiger charge is -2.31. The predicted molar refractivity (Wildman–Crippen MR) is 122 cm³/mol. The Bertz CT molecular complexity index is 1000. The smallest absolute Gasteiger partial charge is 0.337 e. The fourth-order valence-electron chi connectivity index (χ4n) is 3.54. The van der Waals surface area contributed by atoms with Gasteiger partial charge in [0.25, 0.3) is 5.91 Å². The van der Waals surface area contributed by atoms with Gasteiger partial charge in [0.2, 0.25) is 5.91 Å². The van der Waals surface area contributed by atoms with Gasteiger partial charge < -0.3 is 19.1 Å². The molecule has 0 radical (unpaired) electrons. The van der Waals surface area contributed by atoms with E-state index < -0.39 is 5.97 Å². The highest BCUT2D eigenvalue weighted by Gasteiger charge is 2.28. The van der Waals surface area contributed by atoms with Crippen molar-refractivity contribution in [1.82, 2.24) is 10.3 Å². The van der Waals surface area contributed by atoms with E-state index in [4.69, 9.17) is 9.47 Å². The van der Waals surface area contributed by atoms with Crippen LogP contribution in [0, 0.1) is 5.92 Å². The number of nitrogens with zero attached hydrogens (tertiary/aromatic N) is 2. The van der Waals surface area contributed by atoms with Crippen LogP contribution in [0.4, 0.5) is 0 Å². The number of hydrazone groups is 1. The van der Waals surface area contributed by atoms with E-state index in [1.54, 1.807) is 47.4 Å². The minimum absolute atomic E-state index is 0.125. The highest BCUT2D eigenvalue weighted by molar-refractivity contribution is 5.95. The summed E-state index contributed by atoms with van der Waals surface area (Å²) in [7, 11) is 4.39. The second-order valence-corrected chi connectivity index (χ2v) is 7.52. The molecule has 0 aliphatic carbocycles. The van der Waals surface area contributed by atoms with Gasteiger partial charge in [0.05, 0.1) is 33.1 Å². The van der Waals surface area contributed by atoms with Crippen LogP contribution in [-0.4, -0.2) is 63.3 Å². The van der Waals surface area contributed by atoms with Crippen molar-refractivity contribution in [2.24, 2.45) is 11.0 Å². The molecule has 33 heavy (non-hydrogen) atoms. The first-order chi connectivity index (χ1) is 15.9. The fourth-order valence-corrected chi connectivity index (χ4v) is 3.54. The van der Waals surface area contributed by atoms with Gasteiger partial charge in [-0.1, -0.05) is 12.1 Å². The van der Waals surface area contributed by atoms with Crippen molar-refractivity contribution in [1.29, 1.82) is 0 Å². The molecule has 1 aliphatic heterocycles. The Labute approximate surface area is 192 Å². The zero-order chi connectivity index (χ0) is 23.8. The average Bonchev–Trinajstić information content (AvgIpc) is 2.87. The van der Waals surface area contributed by atoms with Crippen LogP contribution in [0.3, 0.4) is 0 Å². The molecule has 9 heteroatoms. The standard InChI is InChI=1S/C24H27N3O6/c1-31-20-12-19(13-21(14-20)32-2)23(29)27-10-8-17(9-11-27)22(28)26-25-15-16-4-6-18(7-5-16)24(30)33-3/h4-7,12-15,17H,8-11H2,1-3H3,(H,26,28)/b25-15+. The molecule has 1 heterocycles. The van der Waals surface area contributed by atoms with Gasteiger partial charge >= 0.3 is 5.97 Å². The minimum Gasteiger partial charge on any atom is -0.497 e. The zero-order valence-corrected chi connectivity index (χ0v) is 18.9. The summed E-state index contributed by atoms with van der Waals surface area (Å²) in [4.78, 5) is 38.5. The number of ether oxygens (including phenoxy) is 3. The third kappa shape index (κ3) is 6.09. The van der Waals surface area contributed by atoms with Gasteiger partial charge in [-0.25, -0.2) is 10.2 Å². The monoisotopic (exact) mass is 453 g/mol. The number of piperidine rings is 1. The van der Waals surface area contributed by atoms with Crippen LogP contribution in [-0.2, 0) is 9.53 Å². The molecule has 0 atom stereocenters. The molecule has 2 amide bonds. The molecule has 0 bridgehead atoms. The quantitative estimate of drug-likeness (QED) is 0.392. The molecule has 0 aromatic heterocycles. The maximum Gasteiger partial charge on any atom is 0.337 e. The Morgan fingerprint density at radius 2 is 1.55 bits per heavy atom.